The summed E-state index contributed by atoms with van der Waals surface area (Å²) in [6, 6.07) is -0.543. The number of carbonyl (C=O) groups is 2. The van der Waals surface area contributed by atoms with Crippen LogP contribution in [0.3, 0.4) is 0 Å². The molecule has 6 nitrogen and oxygen atoms in total. The van der Waals surface area contributed by atoms with Crippen molar-refractivity contribution in [3.63, 3.8) is 0 Å². The number of aliphatic hydroxyl groups excluding tert-OH is 2. The molecule has 0 rings (SSSR count). The molecule has 2 atom stereocenters. The van der Waals surface area contributed by atoms with Gasteiger partial charge < -0.3 is 20.3 Å². The number of esters is 1. The van der Waals surface area contributed by atoms with Gasteiger partial charge in [-0.15, -0.1) is 0 Å². The van der Waals surface area contributed by atoms with Crippen LogP contribution in [0.4, 0.5) is 0 Å². The Bertz CT molecular complexity index is 1090. The van der Waals surface area contributed by atoms with Gasteiger partial charge in [-0.05, 0) is 77.0 Å². The number of unbranched alkanes of at least 4 members (excludes halogenated alkanes) is 38. The third-order valence-corrected chi connectivity index (χ3v) is 13.6. The van der Waals surface area contributed by atoms with Gasteiger partial charge in [0.2, 0.25) is 5.91 Å². The fraction of sp³-hybridized carbons (Fsp3) is 0.869. The number of nitrogens with one attached hydrogen (secondary N) is 1. The van der Waals surface area contributed by atoms with Gasteiger partial charge in [0.15, 0.2) is 0 Å². The topological polar surface area (TPSA) is 95.9 Å². The minimum absolute atomic E-state index is 0.00216. The normalized spacial score (nSPS) is 12.8. The van der Waals surface area contributed by atoms with Crippen molar-refractivity contribution >= 4 is 11.9 Å². The summed E-state index contributed by atoms with van der Waals surface area (Å²) in [6.45, 7) is 4.88. The number of ether oxygens (including phenoxy) is 1. The van der Waals surface area contributed by atoms with Crippen molar-refractivity contribution in [2.45, 2.75) is 328 Å². The van der Waals surface area contributed by atoms with Crippen molar-refractivity contribution in [3.8, 4) is 0 Å². The van der Waals surface area contributed by atoms with Gasteiger partial charge in [-0.2, -0.15) is 0 Å². The molecule has 0 saturated heterocycles. The average Bonchev–Trinajstić information content (AvgIpc) is 3.33. The molecule has 3 N–H and O–H groups in total. The highest BCUT2D eigenvalue weighted by Crippen LogP contribution is 2.17. The first-order chi connectivity index (χ1) is 33.0. The average molecular weight is 943 g/mol. The largest absolute Gasteiger partial charge is 0.466 e. The van der Waals surface area contributed by atoms with E-state index >= 15 is 0 Å². The number of allylic oxidation sites excluding steroid dienone is 6. The molecule has 1 amide bonds. The molecule has 0 radical (unpaired) electrons. The van der Waals surface area contributed by atoms with Crippen molar-refractivity contribution in [2.75, 3.05) is 13.2 Å². The van der Waals surface area contributed by atoms with Crippen LogP contribution in [0.15, 0.2) is 36.5 Å². The predicted molar refractivity (Wildman–Crippen MR) is 292 cm³/mol. The van der Waals surface area contributed by atoms with Gasteiger partial charge in [0, 0.05) is 12.8 Å². The molecule has 2 unspecified atom stereocenters. The van der Waals surface area contributed by atoms with Crippen LogP contribution in [-0.4, -0.2) is 47.4 Å². The Morgan fingerprint density at radius 1 is 0.418 bits per heavy atom. The highest BCUT2D eigenvalue weighted by molar-refractivity contribution is 5.76. The summed E-state index contributed by atoms with van der Waals surface area (Å²) < 4.78 is 5.46. The first kappa shape index (κ1) is 65.1. The van der Waals surface area contributed by atoms with Crippen LogP contribution in [0.1, 0.15) is 316 Å². The van der Waals surface area contributed by atoms with Gasteiger partial charge in [-0.3, -0.25) is 9.59 Å². The number of carbonyl (C=O) groups excluding carboxylic acids is 2. The molecular weight excluding hydrogens is 827 g/mol. The van der Waals surface area contributed by atoms with Crippen LogP contribution >= 0.6 is 0 Å². The van der Waals surface area contributed by atoms with Crippen LogP contribution in [-0.2, 0) is 14.3 Å². The number of aliphatic hydroxyl groups is 2. The third kappa shape index (κ3) is 53.3. The van der Waals surface area contributed by atoms with E-state index in [1.165, 1.54) is 231 Å². The van der Waals surface area contributed by atoms with Gasteiger partial charge in [0.1, 0.15) is 0 Å². The smallest absolute Gasteiger partial charge is 0.305 e. The summed E-state index contributed by atoms with van der Waals surface area (Å²) in [6.07, 6.45) is 70.1. The van der Waals surface area contributed by atoms with Crippen LogP contribution in [0.25, 0.3) is 0 Å². The summed E-state index contributed by atoms with van der Waals surface area (Å²) in [4.78, 5) is 24.5. The molecular formula is C61H115NO5. The number of hydrogen-bond acceptors (Lipinski definition) is 5. The van der Waals surface area contributed by atoms with Crippen molar-refractivity contribution in [3.05, 3.63) is 36.5 Å². The monoisotopic (exact) mass is 942 g/mol. The Balaban J connectivity index is 3.39. The SMILES string of the molecule is CCC/C=C\C/C=C\CCCCCCCC(=O)OCCCCCCCCCCCCCC/C=C\CCCCCCCCCCCC(=O)NC(CO)C(O)CCCCCCCCCCCCCC. The third-order valence-electron chi connectivity index (χ3n) is 13.6. The van der Waals surface area contributed by atoms with Crippen molar-refractivity contribution in [2.24, 2.45) is 0 Å². The van der Waals surface area contributed by atoms with Gasteiger partial charge in [0.05, 0.1) is 25.4 Å². The Labute approximate surface area is 417 Å². The maximum atomic E-state index is 12.4. The lowest BCUT2D eigenvalue weighted by molar-refractivity contribution is -0.143. The number of amides is 1. The van der Waals surface area contributed by atoms with Crippen molar-refractivity contribution < 1.29 is 24.5 Å². The minimum Gasteiger partial charge on any atom is -0.466 e. The van der Waals surface area contributed by atoms with E-state index in [1.807, 2.05) is 0 Å². The lowest BCUT2D eigenvalue weighted by Gasteiger charge is -2.22. The molecule has 0 aromatic carbocycles. The Morgan fingerprint density at radius 3 is 1.21 bits per heavy atom. The van der Waals surface area contributed by atoms with Crippen molar-refractivity contribution in [1.29, 1.82) is 0 Å². The quantitative estimate of drug-likeness (QED) is 0.0321. The molecule has 6 heteroatoms. The molecule has 0 aliphatic heterocycles. The van der Waals surface area contributed by atoms with E-state index < -0.39 is 12.1 Å². The van der Waals surface area contributed by atoms with E-state index in [1.54, 1.807) is 0 Å². The second-order valence-corrected chi connectivity index (χ2v) is 20.3. The van der Waals surface area contributed by atoms with E-state index in [0.717, 1.165) is 51.4 Å². The highest BCUT2D eigenvalue weighted by Gasteiger charge is 2.20. The fourth-order valence-electron chi connectivity index (χ4n) is 9.08. The van der Waals surface area contributed by atoms with Gasteiger partial charge in [-0.25, -0.2) is 0 Å². The first-order valence-electron chi connectivity index (χ1n) is 29.7. The summed E-state index contributed by atoms with van der Waals surface area (Å²) >= 11 is 0. The molecule has 0 bridgehead atoms. The highest BCUT2D eigenvalue weighted by atomic mass is 16.5. The first-order valence-corrected chi connectivity index (χ1v) is 29.7. The van der Waals surface area contributed by atoms with Crippen LogP contribution in [0, 0.1) is 0 Å². The summed E-state index contributed by atoms with van der Waals surface area (Å²) in [7, 11) is 0. The van der Waals surface area contributed by atoms with E-state index in [2.05, 4.69) is 55.6 Å². The fourth-order valence-corrected chi connectivity index (χ4v) is 9.08. The second-order valence-electron chi connectivity index (χ2n) is 20.3. The summed E-state index contributed by atoms with van der Waals surface area (Å²) in [5.41, 5.74) is 0. The van der Waals surface area contributed by atoms with Gasteiger partial charge >= 0.3 is 5.97 Å². The Hall–Kier alpha value is -1.92. The molecule has 0 heterocycles. The van der Waals surface area contributed by atoms with E-state index in [9.17, 15) is 19.8 Å². The lowest BCUT2D eigenvalue weighted by atomic mass is 10.0. The van der Waals surface area contributed by atoms with Gasteiger partial charge in [-0.1, -0.05) is 262 Å². The molecule has 0 fully saturated rings. The van der Waals surface area contributed by atoms with Crippen LogP contribution < -0.4 is 5.32 Å². The van der Waals surface area contributed by atoms with Gasteiger partial charge in [0.25, 0.3) is 0 Å². The lowest BCUT2D eigenvalue weighted by Crippen LogP contribution is -2.45. The second kappa shape index (κ2) is 56.7. The Morgan fingerprint density at radius 2 is 0.776 bits per heavy atom. The molecule has 0 aromatic rings. The summed E-state index contributed by atoms with van der Waals surface area (Å²) in [5.74, 6) is -0.0405. The maximum Gasteiger partial charge on any atom is 0.305 e. The van der Waals surface area contributed by atoms with E-state index in [-0.39, 0.29) is 18.5 Å². The molecule has 394 valence electrons. The molecule has 0 saturated carbocycles. The number of rotatable bonds is 55. The van der Waals surface area contributed by atoms with Crippen LogP contribution in [0.5, 0.6) is 0 Å². The van der Waals surface area contributed by atoms with Crippen LogP contribution in [0.2, 0.25) is 0 Å². The zero-order valence-corrected chi connectivity index (χ0v) is 44.9. The molecule has 0 aliphatic carbocycles. The maximum absolute atomic E-state index is 12.4. The molecule has 0 aliphatic rings. The standard InChI is InChI=1S/C61H115NO5/c1-3-5-7-9-11-13-15-30-35-39-43-47-51-55-61(66)67-56-52-48-44-40-36-32-29-27-25-23-21-19-17-18-20-22-24-26-28-31-34-38-42-46-50-54-60(65)62-58(57-63)59(64)53-49-45-41-37-33-16-14-12-10-8-6-4-2/h7,9,13,15,18,20,58-59,63-64H,3-6,8,10-12,14,16-17,19,21-57H2,1-2H3,(H,62,65)/b9-7-,15-13-,20-18-. The molecule has 0 aromatic heterocycles. The number of hydrogen-bond donors (Lipinski definition) is 3. The Kier molecular flexibility index (Phi) is 55.0. The minimum atomic E-state index is -0.665. The zero-order chi connectivity index (χ0) is 48.6. The van der Waals surface area contributed by atoms with E-state index in [0.29, 0.717) is 25.9 Å². The summed E-state index contributed by atoms with van der Waals surface area (Å²) in [5, 5.41) is 23.2. The molecule has 67 heavy (non-hydrogen) atoms. The zero-order valence-electron chi connectivity index (χ0n) is 44.9. The van der Waals surface area contributed by atoms with E-state index in [4.69, 9.17) is 4.74 Å². The predicted octanol–water partition coefficient (Wildman–Crippen LogP) is 18.4. The van der Waals surface area contributed by atoms with Crippen molar-refractivity contribution in [1.82, 2.24) is 5.32 Å². The molecule has 0 spiro atoms.